The summed E-state index contributed by atoms with van der Waals surface area (Å²) in [5, 5.41) is 1.73. The molecule has 3 heterocycles. The Labute approximate surface area is 277 Å². The molecule has 45 heavy (non-hydrogen) atoms. The van der Waals surface area contributed by atoms with Crippen molar-refractivity contribution in [1.82, 2.24) is 9.13 Å². The number of halogens is 2. The molecule has 6 rings (SSSR count). The SMILES string of the molecule is COc1ccc(Br)cc1[C@H]1C(C(=O)OC(C)C)=C(C)N=c2s/c(=C\c3c(C)n(Cc4ccccc4Cl)c4ccccc34)c(=O)n21. The van der Waals surface area contributed by atoms with Crippen molar-refractivity contribution < 1.29 is 14.3 Å². The highest BCUT2D eigenvalue weighted by Gasteiger charge is 2.35. The highest BCUT2D eigenvalue weighted by molar-refractivity contribution is 9.10. The van der Waals surface area contributed by atoms with Crippen molar-refractivity contribution in [2.45, 2.75) is 46.4 Å². The number of rotatable bonds is 7. The number of esters is 1. The number of ether oxygens (including phenoxy) is 2. The molecule has 10 heteroatoms. The number of nitrogens with zero attached hydrogens (tertiary/aromatic N) is 3. The van der Waals surface area contributed by atoms with E-state index in [4.69, 9.17) is 26.1 Å². The van der Waals surface area contributed by atoms with Crippen molar-refractivity contribution in [2.75, 3.05) is 7.11 Å². The van der Waals surface area contributed by atoms with Crippen LogP contribution in [0.4, 0.5) is 0 Å². The van der Waals surface area contributed by atoms with Crippen LogP contribution in [0.1, 0.15) is 49.2 Å². The van der Waals surface area contributed by atoms with E-state index in [9.17, 15) is 9.59 Å². The summed E-state index contributed by atoms with van der Waals surface area (Å²) in [5.41, 5.74) is 5.18. The minimum atomic E-state index is -0.801. The molecule has 0 spiro atoms. The second kappa shape index (κ2) is 12.5. The van der Waals surface area contributed by atoms with Crippen molar-refractivity contribution in [3.8, 4) is 5.75 Å². The van der Waals surface area contributed by atoms with E-state index < -0.39 is 12.0 Å². The number of allylic oxidation sites excluding steroid dienone is 1. The zero-order valence-electron chi connectivity index (χ0n) is 25.4. The van der Waals surface area contributed by atoms with Crippen LogP contribution >= 0.6 is 38.9 Å². The Balaban J connectivity index is 1.58. The first kappa shape index (κ1) is 31.1. The fraction of sp³-hybridized carbons (Fsp3) is 0.229. The first-order chi connectivity index (χ1) is 21.6. The number of benzene rings is 3. The molecule has 0 bridgehead atoms. The quantitative estimate of drug-likeness (QED) is 0.173. The van der Waals surface area contributed by atoms with Gasteiger partial charge in [-0.05, 0) is 69.7 Å². The van der Waals surface area contributed by atoms with Gasteiger partial charge in [-0.2, -0.15) is 0 Å². The van der Waals surface area contributed by atoms with Gasteiger partial charge in [0.05, 0.1) is 29.0 Å². The molecule has 1 aliphatic heterocycles. The van der Waals surface area contributed by atoms with Crippen molar-refractivity contribution in [3.63, 3.8) is 0 Å². The van der Waals surface area contributed by atoms with Crippen LogP contribution in [0.3, 0.4) is 0 Å². The number of thiazole rings is 1. The van der Waals surface area contributed by atoms with Crippen LogP contribution < -0.4 is 19.6 Å². The maximum absolute atomic E-state index is 14.4. The Morgan fingerprint density at radius 2 is 1.84 bits per heavy atom. The Kier molecular flexibility index (Phi) is 8.61. The van der Waals surface area contributed by atoms with Crippen molar-refractivity contribution in [3.05, 3.63) is 130 Å². The molecular formula is C35H31BrClN3O4S. The number of methoxy groups -OCH3 is 1. The first-order valence-electron chi connectivity index (χ1n) is 14.5. The highest BCUT2D eigenvalue weighted by atomic mass is 79.9. The van der Waals surface area contributed by atoms with Crippen LogP contribution in [0.25, 0.3) is 17.0 Å². The highest BCUT2D eigenvalue weighted by Crippen LogP contribution is 2.37. The number of carbonyl (C=O) groups is 1. The third-order valence-corrected chi connectivity index (χ3v) is 9.76. The minimum Gasteiger partial charge on any atom is -0.496 e. The van der Waals surface area contributed by atoms with E-state index in [2.05, 4.69) is 39.6 Å². The number of hydrogen-bond donors (Lipinski definition) is 0. The lowest BCUT2D eigenvalue weighted by Crippen LogP contribution is -2.40. The van der Waals surface area contributed by atoms with E-state index in [1.54, 1.807) is 32.4 Å². The molecule has 1 aliphatic rings. The van der Waals surface area contributed by atoms with Gasteiger partial charge in [0, 0.05) is 43.8 Å². The Morgan fingerprint density at radius 3 is 2.58 bits per heavy atom. The van der Waals surface area contributed by atoms with Crippen LogP contribution in [0.2, 0.25) is 5.02 Å². The maximum atomic E-state index is 14.4. The second-order valence-electron chi connectivity index (χ2n) is 11.1. The van der Waals surface area contributed by atoms with Gasteiger partial charge in [0.1, 0.15) is 11.8 Å². The number of para-hydroxylation sites is 1. The first-order valence-corrected chi connectivity index (χ1v) is 16.5. The summed E-state index contributed by atoms with van der Waals surface area (Å²) in [6, 6.07) is 20.7. The number of fused-ring (bicyclic) bond motifs is 2. The molecule has 0 amide bonds. The second-order valence-corrected chi connectivity index (χ2v) is 13.4. The predicted molar refractivity (Wildman–Crippen MR) is 183 cm³/mol. The average Bonchev–Trinajstić information content (AvgIpc) is 3.45. The van der Waals surface area contributed by atoms with Crippen molar-refractivity contribution in [2.24, 2.45) is 4.99 Å². The Bertz CT molecular complexity index is 2190. The summed E-state index contributed by atoms with van der Waals surface area (Å²) in [6.07, 6.45) is 1.59. The lowest BCUT2D eigenvalue weighted by Gasteiger charge is -2.26. The number of aromatic nitrogens is 2. The van der Waals surface area contributed by atoms with E-state index in [1.165, 1.54) is 11.3 Å². The summed E-state index contributed by atoms with van der Waals surface area (Å²) in [5.74, 6) is 0.0202. The van der Waals surface area contributed by atoms with E-state index in [0.717, 1.165) is 32.2 Å². The van der Waals surface area contributed by atoms with E-state index >= 15 is 0 Å². The van der Waals surface area contributed by atoms with Crippen LogP contribution in [0.5, 0.6) is 5.75 Å². The molecule has 3 aromatic carbocycles. The lowest BCUT2D eigenvalue weighted by molar-refractivity contribution is -0.143. The topological polar surface area (TPSA) is 74.8 Å². The van der Waals surface area contributed by atoms with Gasteiger partial charge in [0.2, 0.25) is 0 Å². The smallest absolute Gasteiger partial charge is 0.338 e. The molecule has 0 N–H and O–H groups in total. The predicted octanol–water partition coefficient (Wildman–Crippen LogP) is 6.92. The third kappa shape index (κ3) is 5.69. The largest absolute Gasteiger partial charge is 0.496 e. The molecule has 2 aromatic heterocycles. The number of carbonyl (C=O) groups excluding carboxylic acids is 1. The van der Waals surface area contributed by atoms with Gasteiger partial charge in [0.15, 0.2) is 4.80 Å². The maximum Gasteiger partial charge on any atom is 0.338 e. The molecule has 1 atom stereocenters. The molecule has 0 saturated heterocycles. The Hall–Kier alpha value is -3.92. The van der Waals surface area contributed by atoms with E-state index in [0.29, 0.717) is 43.5 Å². The minimum absolute atomic E-state index is 0.254. The zero-order chi connectivity index (χ0) is 32.0. The molecule has 0 fully saturated rings. The van der Waals surface area contributed by atoms with E-state index in [-0.39, 0.29) is 11.7 Å². The summed E-state index contributed by atoms with van der Waals surface area (Å²) in [7, 11) is 1.57. The fourth-order valence-electron chi connectivity index (χ4n) is 5.85. The molecule has 230 valence electrons. The van der Waals surface area contributed by atoms with Crippen LogP contribution in [-0.2, 0) is 16.1 Å². The van der Waals surface area contributed by atoms with Gasteiger partial charge in [-0.1, -0.05) is 75.3 Å². The molecule has 0 radical (unpaired) electrons. The summed E-state index contributed by atoms with van der Waals surface area (Å²) < 4.78 is 16.5. The molecule has 7 nitrogen and oxygen atoms in total. The van der Waals surface area contributed by atoms with Crippen LogP contribution in [0.15, 0.2) is 92.3 Å². The van der Waals surface area contributed by atoms with Gasteiger partial charge in [0.25, 0.3) is 5.56 Å². The normalized spacial score (nSPS) is 15.0. The standard InChI is InChI=1S/C35H31BrClN3O4S/c1-19(2)44-34(42)31-20(3)38-35-40(32(31)26-16-23(36)14-15-29(26)43-5)33(41)30(45-35)17-25-21(4)39(28-13-9-7-11-24(25)28)18-22-10-6-8-12-27(22)37/h6-17,19,32H,18H2,1-5H3/b30-17-/t32-/m0/s1. The summed E-state index contributed by atoms with van der Waals surface area (Å²) >= 11 is 11.4. The third-order valence-electron chi connectivity index (χ3n) is 7.91. The monoisotopic (exact) mass is 703 g/mol. The van der Waals surface area contributed by atoms with Gasteiger partial charge in [-0.15, -0.1) is 0 Å². The summed E-state index contributed by atoms with van der Waals surface area (Å²) in [4.78, 5) is 33.2. The summed E-state index contributed by atoms with van der Waals surface area (Å²) in [6.45, 7) is 8.01. The fourth-order valence-corrected chi connectivity index (χ4v) is 7.45. The van der Waals surface area contributed by atoms with Gasteiger partial charge in [-0.3, -0.25) is 9.36 Å². The molecule has 0 saturated carbocycles. The van der Waals surface area contributed by atoms with Gasteiger partial charge in [-0.25, -0.2) is 9.79 Å². The van der Waals surface area contributed by atoms with Crippen LogP contribution in [-0.4, -0.2) is 28.3 Å². The Morgan fingerprint density at radius 1 is 1.11 bits per heavy atom. The molecular weight excluding hydrogens is 674 g/mol. The van der Waals surface area contributed by atoms with Crippen molar-refractivity contribution in [1.29, 1.82) is 0 Å². The lowest BCUT2D eigenvalue weighted by atomic mass is 9.95. The van der Waals surface area contributed by atoms with E-state index in [1.807, 2.05) is 60.7 Å². The average molecular weight is 705 g/mol. The molecule has 0 unspecified atom stereocenters. The van der Waals surface area contributed by atoms with Crippen molar-refractivity contribution >= 4 is 61.8 Å². The number of hydrogen-bond acceptors (Lipinski definition) is 6. The zero-order valence-corrected chi connectivity index (χ0v) is 28.6. The van der Waals surface area contributed by atoms with Gasteiger partial charge >= 0.3 is 5.97 Å². The van der Waals surface area contributed by atoms with Crippen LogP contribution in [0, 0.1) is 6.92 Å². The molecule has 5 aromatic rings. The van der Waals surface area contributed by atoms with Gasteiger partial charge < -0.3 is 14.0 Å². The molecule has 0 aliphatic carbocycles.